The molecule has 1 aromatic carbocycles. The summed E-state index contributed by atoms with van der Waals surface area (Å²) in [4.78, 5) is 60.6. The minimum atomic E-state index is -1.40. The number of hydrogen-bond acceptors (Lipinski definition) is 7. The molecule has 0 unspecified atom stereocenters. The third-order valence-electron chi connectivity index (χ3n) is 9.39. The highest BCUT2D eigenvalue weighted by Crippen LogP contribution is 2.45. The Morgan fingerprint density at radius 2 is 1.82 bits per heavy atom. The molecule has 0 bridgehead atoms. The topological polar surface area (TPSA) is 147 Å². The van der Waals surface area contributed by atoms with Gasteiger partial charge >= 0.3 is 12.1 Å². The van der Waals surface area contributed by atoms with Gasteiger partial charge < -0.3 is 30.2 Å². The molecule has 1 aromatic rings. The monoisotopic (exact) mass is 622 g/mol. The molecule has 45 heavy (non-hydrogen) atoms. The van der Waals surface area contributed by atoms with Crippen molar-refractivity contribution < 1.29 is 33.9 Å². The van der Waals surface area contributed by atoms with E-state index < -0.39 is 47.6 Å². The lowest BCUT2D eigenvalue weighted by atomic mass is 10.0. The highest BCUT2D eigenvalue weighted by molar-refractivity contribution is 6.00. The van der Waals surface area contributed by atoms with E-state index >= 15 is 0 Å². The number of carbonyl (C=O) groups excluding carboxylic acids is 3. The molecule has 3 N–H and O–H groups in total. The van der Waals surface area contributed by atoms with Crippen molar-refractivity contribution >= 4 is 29.6 Å². The number of benzene rings is 1. The first kappa shape index (κ1) is 32.5. The normalized spacial score (nSPS) is 30.2. The van der Waals surface area contributed by atoms with Gasteiger partial charge in [-0.05, 0) is 63.4 Å². The van der Waals surface area contributed by atoms with Crippen LogP contribution in [-0.4, -0.2) is 76.0 Å². The molecule has 1 saturated heterocycles. The maximum atomic E-state index is 14.2. The molecular weight excluding hydrogens is 576 g/mol. The van der Waals surface area contributed by atoms with E-state index in [1.807, 2.05) is 42.5 Å². The van der Waals surface area contributed by atoms with Crippen LogP contribution in [0.2, 0.25) is 0 Å². The summed E-state index contributed by atoms with van der Waals surface area (Å²) in [6.45, 7) is 2.13. The molecule has 5 atom stereocenters. The SMILES string of the molecule is CCC/C(=N\O[C@@H]1C[C@H]2C(=O)N[C@@]3(C(=O)O)C[C@H]3/C=C\CCCCC[C@H](NC(=O)OC3CCCC3)C(=O)N2C1)c1ccccc1. The molecule has 0 radical (unpaired) electrons. The van der Waals surface area contributed by atoms with Gasteiger partial charge in [-0.3, -0.25) is 9.59 Å². The van der Waals surface area contributed by atoms with Gasteiger partial charge in [-0.2, -0.15) is 0 Å². The predicted octanol–water partition coefficient (Wildman–Crippen LogP) is 4.69. The molecule has 244 valence electrons. The lowest BCUT2D eigenvalue weighted by Gasteiger charge is -2.29. The highest BCUT2D eigenvalue weighted by atomic mass is 16.6. The smallest absolute Gasteiger partial charge is 0.408 e. The van der Waals surface area contributed by atoms with Crippen molar-refractivity contribution in [3.8, 4) is 0 Å². The first-order valence-corrected chi connectivity index (χ1v) is 16.6. The predicted molar refractivity (Wildman–Crippen MR) is 167 cm³/mol. The Morgan fingerprint density at radius 3 is 2.56 bits per heavy atom. The first-order chi connectivity index (χ1) is 21.8. The molecule has 3 fully saturated rings. The van der Waals surface area contributed by atoms with Gasteiger partial charge in [0.25, 0.3) is 0 Å². The number of carbonyl (C=O) groups is 4. The van der Waals surface area contributed by atoms with E-state index in [9.17, 15) is 24.3 Å². The van der Waals surface area contributed by atoms with Crippen LogP contribution in [0, 0.1) is 5.92 Å². The number of hydrogen-bond donors (Lipinski definition) is 3. The largest absolute Gasteiger partial charge is 0.479 e. The lowest BCUT2D eigenvalue weighted by molar-refractivity contribution is -0.145. The van der Waals surface area contributed by atoms with Gasteiger partial charge in [-0.1, -0.05) is 73.8 Å². The van der Waals surface area contributed by atoms with E-state index in [2.05, 4.69) is 22.7 Å². The Balaban J connectivity index is 1.38. The van der Waals surface area contributed by atoms with Gasteiger partial charge in [0.15, 0.2) is 0 Å². The van der Waals surface area contributed by atoms with Crippen molar-refractivity contribution in [1.82, 2.24) is 15.5 Å². The Bertz CT molecular complexity index is 1280. The minimum Gasteiger partial charge on any atom is -0.479 e. The number of allylic oxidation sites excluding steroid dienone is 1. The summed E-state index contributed by atoms with van der Waals surface area (Å²) >= 11 is 0. The lowest BCUT2D eigenvalue weighted by Crippen LogP contribution is -2.56. The van der Waals surface area contributed by atoms with E-state index in [1.54, 1.807) is 0 Å². The summed E-state index contributed by atoms with van der Waals surface area (Å²) < 4.78 is 5.61. The van der Waals surface area contributed by atoms with Gasteiger partial charge in [-0.15, -0.1) is 0 Å². The van der Waals surface area contributed by atoms with Crippen molar-refractivity contribution in [3.05, 3.63) is 48.0 Å². The van der Waals surface area contributed by atoms with Crippen molar-refractivity contribution in [2.24, 2.45) is 11.1 Å². The fourth-order valence-corrected chi connectivity index (χ4v) is 6.72. The molecular formula is C34H46N4O7. The Morgan fingerprint density at radius 1 is 1.07 bits per heavy atom. The zero-order valence-corrected chi connectivity index (χ0v) is 26.1. The fraction of sp³-hybridized carbons (Fsp3) is 0.618. The van der Waals surface area contributed by atoms with Crippen LogP contribution in [0.15, 0.2) is 47.6 Å². The average molecular weight is 623 g/mol. The van der Waals surface area contributed by atoms with Crippen LogP contribution in [-0.2, 0) is 24.0 Å². The van der Waals surface area contributed by atoms with E-state index in [1.165, 1.54) is 4.90 Å². The number of carboxylic acid groups (broad SMARTS) is 1. The number of oxime groups is 1. The first-order valence-electron chi connectivity index (χ1n) is 16.6. The second-order valence-corrected chi connectivity index (χ2v) is 12.8. The Kier molecular flexibility index (Phi) is 10.8. The van der Waals surface area contributed by atoms with Crippen LogP contribution in [0.25, 0.3) is 0 Å². The number of aliphatic carboxylic acids is 1. The third-order valence-corrected chi connectivity index (χ3v) is 9.39. The molecule has 2 aliphatic carbocycles. The molecule has 11 nitrogen and oxygen atoms in total. The maximum Gasteiger partial charge on any atom is 0.408 e. The number of fused-ring (bicyclic) bond motifs is 2. The van der Waals surface area contributed by atoms with Gasteiger partial charge in [0.2, 0.25) is 11.8 Å². The van der Waals surface area contributed by atoms with Crippen molar-refractivity contribution in [1.29, 1.82) is 0 Å². The van der Waals surface area contributed by atoms with Gasteiger partial charge in [0.05, 0.1) is 12.3 Å². The summed E-state index contributed by atoms with van der Waals surface area (Å²) in [5.74, 6) is -2.36. The van der Waals surface area contributed by atoms with Crippen LogP contribution in [0.4, 0.5) is 4.79 Å². The van der Waals surface area contributed by atoms with E-state index in [-0.39, 0.29) is 25.0 Å². The van der Waals surface area contributed by atoms with Crippen LogP contribution in [0.1, 0.15) is 96.0 Å². The standard InChI is InChI=1S/C34H46N4O7/c1-2-13-27(23-14-7-6-8-15-23)37-45-26-20-29-30(39)36-34(32(41)42)21-24(34)16-9-4-3-5-10-19-28(31(40)38(29)22-26)35-33(43)44-25-17-11-12-18-25/h6-9,14-16,24-26,28-29H,2-5,10-13,17-22H2,1H3,(H,35,43)(H,36,39)(H,41,42)/b16-9-,37-27+/t24-,26-,28+,29+,34+/m1/s1. The zero-order chi connectivity index (χ0) is 31.8. The Labute approximate surface area is 264 Å². The summed E-state index contributed by atoms with van der Waals surface area (Å²) in [5, 5.41) is 20.1. The number of amides is 3. The highest BCUT2D eigenvalue weighted by Gasteiger charge is 2.61. The molecule has 4 aliphatic rings. The second kappa shape index (κ2) is 14.9. The van der Waals surface area contributed by atoms with E-state index in [0.717, 1.165) is 62.6 Å². The van der Waals surface area contributed by atoms with Crippen molar-refractivity contribution in [2.75, 3.05) is 6.54 Å². The van der Waals surface area contributed by atoms with E-state index in [4.69, 9.17) is 9.57 Å². The Hall–Kier alpha value is -3.89. The minimum absolute atomic E-state index is 0.0773. The fourth-order valence-electron chi connectivity index (χ4n) is 6.72. The summed E-state index contributed by atoms with van der Waals surface area (Å²) in [6.07, 6.45) is 11.7. The van der Waals surface area contributed by atoms with Crippen molar-refractivity contribution in [3.63, 3.8) is 0 Å². The van der Waals surface area contributed by atoms with Crippen molar-refractivity contribution in [2.45, 2.75) is 120 Å². The third kappa shape index (κ3) is 8.04. The van der Waals surface area contributed by atoms with Gasteiger partial charge in [0.1, 0.15) is 29.8 Å². The molecule has 0 spiro atoms. The molecule has 2 heterocycles. The average Bonchev–Trinajstić information content (AvgIpc) is 3.33. The summed E-state index contributed by atoms with van der Waals surface area (Å²) in [6, 6.07) is 7.84. The van der Waals surface area contributed by atoms with Gasteiger partial charge in [0, 0.05) is 12.3 Å². The van der Waals surface area contributed by atoms with Crippen LogP contribution in [0.5, 0.6) is 0 Å². The van der Waals surface area contributed by atoms with Crippen LogP contribution < -0.4 is 10.6 Å². The second-order valence-electron chi connectivity index (χ2n) is 12.8. The zero-order valence-electron chi connectivity index (χ0n) is 26.1. The summed E-state index contributed by atoms with van der Waals surface area (Å²) in [7, 11) is 0. The molecule has 2 saturated carbocycles. The maximum absolute atomic E-state index is 14.2. The molecule has 0 aromatic heterocycles. The molecule has 11 heteroatoms. The molecule has 5 rings (SSSR count). The quantitative estimate of drug-likeness (QED) is 0.217. The van der Waals surface area contributed by atoms with Gasteiger partial charge in [-0.25, -0.2) is 9.59 Å². The number of rotatable bonds is 8. The van der Waals surface area contributed by atoms with Crippen LogP contribution >= 0.6 is 0 Å². The molecule has 3 amide bonds. The number of nitrogens with one attached hydrogen (secondary N) is 2. The molecule has 2 aliphatic heterocycles. The van der Waals surface area contributed by atoms with E-state index in [0.29, 0.717) is 25.7 Å². The number of carboxylic acids is 1. The number of alkyl carbamates (subject to hydrolysis) is 1. The summed E-state index contributed by atoms with van der Waals surface area (Å²) in [5.41, 5.74) is 0.302. The number of ether oxygens (including phenoxy) is 1. The number of nitrogens with zero attached hydrogens (tertiary/aromatic N) is 2. The van der Waals surface area contributed by atoms with Crippen LogP contribution in [0.3, 0.4) is 0 Å².